The van der Waals surface area contributed by atoms with E-state index >= 15 is 0 Å². The first kappa shape index (κ1) is 17.6. The number of benzene rings is 2. The third-order valence-electron chi connectivity index (χ3n) is 4.25. The third-order valence-corrected chi connectivity index (χ3v) is 4.99. The molecule has 0 radical (unpaired) electrons. The summed E-state index contributed by atoms with van der Waals surface area (Å²) >= 11 is 12.0. The fourth-order valence-corrected chi connectivity index (χ4v) is 3.21. The zero-order valence-corrected chi connectivity index (χ0v) is 15.6. The van der Waals surface area contributed by atoms with Crippen LogP contribution in [-0.4, -0.2) is 11.0 Å². The van der Waals surface area contributed by atoms with Crippen LogP contribution in [0.3, 0.4) is 0 Å². The van der Waals surface area contributed by atoms with Gasteiger partial charge < -0.3 is 14.3 Å². The van der Waals surface area contributed by atoms with Gasteiger partial charge in [-0.3, -0.25) is 0 Å². The standard InChI is InChI=1S/C21H13Cl2NO3/c1-11-2-5-17-13(8-11)14(21(25)26)10-18(24-17)20-7-6-19(27-20)12-3-4-15(22)16(23)9-12/h2-10H,1H3,(H,25,26)/p-1. The maximum Gasteiger partial charge on any atom is 0.153 e. The summed E-state index contributed by atoms with van der Waals surface area (Å²) < 4.78 is 5.88. The van der Waals surface area contributed by atoms with E-state index in [1.54, 1.807) is 42.5 Å². The second-order valence-corrected chi connectivity index (χ2v) is 6.97. The van der Waals surface area contributed by atoms with Crippen LogP contribution in [0.1, 0.15) is 15.9 Å². The van der Waals surface area contributed by atoms with Crippen molar-refractivity contribution < 1.29 is 14.3 Å². The van der Waals surface area contributed by atoms with Crippen molar-refractivity contribution in [2.75, 3.05) is 0 Å². The second kappa shape index (κ2) is 6.72. The number of carboxylic acids is 1. The predicted molar refractivity (Wildman–Crippen MR) is 104 cm³/mol. The van der Waals surface area contributed by atoms with Crippen molar-refractivity contribution in [3.63, 3.8) is 0 Å². The number of hydrogen-bond donors (Lipinski definition) is 0. The zero-order chi connectivity index (χ0) is 19.1. The highest BCUT2D eigenvalue weighted by Gasteiger charge is 2.13. The van der Waals surface area contributed by atoms with Gasteiger partial charge >= 0.3 is 0 Å². The lowest BCUT2D eigenvalue weighted by molar-refractivity contribution is -0.254. The molecule has 0 saturated heterocycles. The number of carbonyl (C=O) groups is 1. The van der Waals surface area contributed by atoms with Gasteiger partial charge in [0.1, 0.15) is 11.5 Å². The first-order chi connectivity index (χ1) is 12.9. The van der Waals surface area contributed by atoms with E-state index in [1.807, 2.05) is 13.0 Å². The van der Waals surface area contributed by atoms with E-state index in [9.17, 15) is 9.90 Å². The smallest absolute Gasteiger partial charge is 0.153 e. The van der Waals surface area contributed by atoms with Crippen LogP contribution in [0.2, 0.25) is 10.0 Å². The lowest BCUT2D eigenvalue weighted by Gasteiger charge is -2.10. The predicted octanol–water partition coefficient (Wildman–Crippen LogP) is 5.14. The van der Waals surface area contributed by atoms with Crippen LogP contribution in [-0.2, 0) is 0 Å². The van der Waals surface area contributed by atoms with Gasteiger partial charge in [-0.1, -0.05) is 34.8 Å². The Morgan fingerprint density at radius 2 is 1.74 bits per heavy atom. The molecule has 0 saturated carbocycles. The van der Waals surface area contributed by atoms with Crippen molar-refractivity contribution in [1.29, 1.82) is 0 Å². The fraction of sp³-hybridized carbons (Fsp3) is 0.0476. The fourth-order valence-electron chi connectivity index (χ4n) is 2.91. The molecule has 4 nitrogen and oxygen atoms in total. The zero-order valence-electron chi connectivity index (χ0n) is 14.1. The minimum absolute atomic E-state index is 0.0752. The summed E-state index contributed by atoms with van der Waals surface area (Å²) in [5.74, 6) is -0.240. The quantitative estimate of drug-likeness (QED) is 0.480. The number of aryl methyl sites for hydroxylation is 1. The summed E-state index contributed by atoms with van der Waals surface area (Å²) in [4.78, 5) is 16.1. The highest BCUT2D eigenvalue weighted by molar-refractivity contribution is 6.42. The van der Waals surface area contributed by atoms with Crippen molar-refractivity contribution in [3.8, 4) is 22.8 Å². The van der Waals surface area contributed by atoms with Crippen LogP contribution in [0.4, 0.5) is 0 Å². The molecule has 0 unspecified atom stereocenters. The topological polar surface area (TPSA) is 66.2 Å². The SMILES string of the molecule is Cc1ccc2nc(-c3ccc(-c4ccc(Cl)c(Cl)c4)o3)cc(C(=O)[O-])c2c1. The number of hydrogen-bond acceptors (Lipinski definition) is 4. The molecule has 0 spiro atoms. The molecular formula is C21H12Cl2NO3-. The molecule has 27 heavy (non-hydrogen) atoms. The van der Waals surface area contributed by atoms with E-state index in [-0.39, 0.29) is 5.56 Å². The Morgan fingerprint density at radius 1 is 0.963 bits per heavy atom. The molecule has 6 heteroatoms. The number of aromatic carboxylic acids is 1. The molecule has 134 valence electrons. The summed E-state index contributed by atoms with van der Waals surface area (Å²) in [6, 6.07) is 15.6. The van der Waals surface area contributed by atoms with Gasteiger partial charge in [-0.15, -0.1) is 0 Å². The van der Waals surface area contributed by atoms with Gasteiger partial charge in [0, 0.05) is 16.5 Å². The molecule has 0 bridgehead atoms. The van der Waals surface area contributed by atoms with Crippen LogP contribution in [0, 0.1) is 6.92 Å². The highest BCUT2D eigenvalue weighted by Crippen LogP contribution is 2.33. The molecule has 0 aliphatic heterocycles. The van der Waals surface area contributed by atoms with E-state index in [1.165, 1.54) is 6.07 Å². The molecule has 2 aromatic heterocycles. The van der Waals surface area contributed by atoms with Crippen LogP contribution >= 0.6 is 23.2 Å². The monoisotopic (exact) mass is 396 g/mol. The highest BCUT2D eigenvalue weighted by atomic mass is 35.5. The molecule has 0 aliphatic carbocycles. The minimum atomic E-state index is -1.26. The number of nitrogens with zero attached hydrogens (tertiary/aromatic N) is 1. The number of carbonyl (C=O) groups excluding carboxylic acids is 1. The van der Waals surface area contributed by atoms with Gasteiger partial charge in [0.25, 0.3) is 0 Å². The van der Waals surface area contributed by atoms with E-state index in [0.717, 1.165) is 11.1 Å². The number of furan rings is 1. The number of rotatable bonds is 3. The average molecular weight is 397 g/mol. The van der Waals surface area contributed by atoms with E-state index in [0.29, 0.717) is 38.2 Å². The Morgan fingerprint density at radius 3 is 2.48 bits per heavy atom. The Balaban J connectivity index is 1.83. The van der Waals surface area contributed by atoms with Crippen molar-refractivity contribution in [2.45, 2.75) is 6.92 Å². The molecule has 2 aromatic carbocycles. The van der Waals surface area contributed by atoms with Gasteiger partial charge in [0.15, 0.2) is 5.76 Å². The molecular weight excluding hydrogens is 385 g/mol. The molecule has 0 amide bonds. The summed E-state index contributed by atoms with van der Waals surface area (Å²) in [5.41, 5.74) is 2.75. The van der Waals surface area contributed by atoms with Gasteiger partial charge in [-0.25, -0.2) is 4.98 Å². The van der Waals surface area contributed by atoms with Crippen molar-refractivity contribution >= 4 is 40.1 Å². The Bertz CT molecular complexity index is 1200. The Hall–Kier alpha value is -2.82. The van der Waals surface area contributed by atoms with E-state index in [2.05, 4.69) is 4.98 Å². The normalized spacial score (nSPS) is 11.1. The van der Waals surface area contributed by atoms with Crippen molar-refractivity contribution in [2.24, 2.45) is 0 Å². The lowest BCUT2D eigenvalue weighted by Crippen LogP contribution is -2.22. The van der Waals surface area contributed by atoms with Crippen LogP contribution in [0.25, 0.3) is 33.7 Å². The largest absolute Gasteiger partial charge is 0.545 e. The number of pyridine rings is 1. The van der Waals surface area contributed by atoms with Gasteiger partial charge in [0.05, 0.1) is 21.5 Å². The summed E-state index contributed by atoms with van der Waals surface area (Å²) in [6.07, 6.45) is 0. The second-order valence-electron chi connectivity index (χ2n) is 6.16. The van der Waals surface area contributed by atoms with Gasteiger partial charge in [-0.05, 0) is 55.5 Å². The van der Waals surface area contributed by atoms with Gasteiger partial charge in [0.2, 0.25) is 0 Å². The van der Waals surface area contributed by atoms with Gasteiger partial charge in [-0.2, -0.15) is 0 Å². The number of aromatic nitrogens is 1. The third kappa shape index (κ3) is 3.29. The van der Waals surface area contributed by atoms with E-state index < -0.39 is 5.97 Å². The molecule has 0 atom stereocenters. The summed E-state index contributed by atoms with van der Waals surface area (Å²) in [5, 5.41) is 13.0. The summed E-state index contributed by atoms with van der Waals surface area (Å²) in [6.45, 7) is 1.89. The number of fused-ring (bicyclic) bond motifs is 1. The number of carboxylic acid groups (broad SMARTS) is 1. The molecule has 4 rings (SSSR count). The van der Waals surface area contributed by atoms with Crippen molar-refractivity contribution in [3.05, 3.63) is 75.8 Å². The Labute approximate surface area is 165 Å². The first-order valence-electron chi connectivity index (χ1n) is 8.11. The number of halogens is 2. The maximum absolute atomic E-state index is 11.6. The van der Waals surface area contributed by atoms with Crippen LogP contribution in [0.5, 0.6) is 0 Å². The average Bonchev–Trinajstić information content (AvgIpc) is 3.13. The van der Waals surface area contributed by atoms with Crippen LogP contribution < -0.4 is 5.11 Å². The van der Waals surface area contributed by atoms with Crippen LogP contribution in [0.15, 0.2) is 59.0 Å². The lowest BCUT2D eigenvalue weighted by atomic mass is 10.0. The molecule has 0 aliphatic rings. The van der Waals surface area contributed by atoms with Crippen molar-refractivity contribution in [1.82, 2.24) is 4.98 Å². The maximum atomic E-state index is 11.6. The first-order valence-corrected chi connectivity index (χ1v) is 8.86. The molecule has 2 heterocycles. The molecule has 4 aromatic rings. The Kier molecular flexibility index (Phi) is 4.38. The van der Waals surface area contributed by atoms with E-state index in [4.69, 9.17) is 27.6 Å². The minimum Gasteiger partial charge on any atom is -0.545 e. The molecule has 0 fully saturated rings. The molecule has 0 N–H and O–H groups in total. The summed E-state index contributed by atoms with van der Waals surface area (Å²) in [7, 11) is 0.